The zero-order valence-electron chi connectivity index (χ0n) is 20.1. The molecule has 0 aliphatic carbocycles. The summed E-state index contributed by atoms with van der Waals surface area (Å²) in [6, 6.07) is -0.747. The Kier molecular flexibility index (Phi) is 15.8. The second-order valence-electron chi connectivity index (χ2n) is 8.56. The number of hydrogen-bond acceptors (Lipinski definition) is 5. The summed E-state index contributed by atoms with van der Waals surface area (Å²) >= 11 is 5.37. The summed E-state index contributed by atoms with van der Waals surface area (Å²) in [6.07, 6.45) is 14.6. The molecule has 7 nitrogen and oxygen atoms in total. The maximum absolute atomic E-state index is 12.3. The highest BCUT2D eigenvalue weighted by molar-refractivity contribution is 7.80. The fraction of sp³-hybridized carbons (Fsp3) is 0.833. The minimum absolute atomic E-state index is 0.0829. The van der Waals surface area contributed by atoms with E-state index < -0.39 is 12.0 Å². The largest absolute Gasteiger partial charge is 0.466 e. The molecule has 0 aromatic heterocycles. The van der Waals surface area contributed by atoms with Crippen LogP contribution in [0.4, 0.5) is 0 Å². The van der Waals surface area contributed by atoms with Gasteiger partial charge in [0.1, 0.15) is 6.04 Å². The van der Waals surface area contributed by atoms with Crippen LogP contribution in [0.15, 0.2) is 0 Å². The van der Waals surface area contributed by atoms with Crippen LogP contribution in [0.5, 0.6) is 0 Å². The van der Waals surface area contributed by atoms with E-state index in [0.29, 0.717) is 26.1 Å². The smallest absolute Gasteiger partial charge is 0.308 e. The molecule has 0 spiro atoms. The lowest BCUT2D eigenvalue weighted by molar-refractivity contribution is -0.147. The Morgan fingerprint density at radius 2 is 1.59 bits per heavy atom. The first-order chi connectivity index (χ1) is 15.5. The van der Waals surface area contributed by atoms with Crippen molar-refractivity contribution in [3.8, 4) is 0 Å². The molecule has 1 atom stereocenters. The Morgan fingerprint density at radius 1 is 1.00 bits per heavy atom. The predicted octanol–water partition coefficient (Wildman–Crippen LogP) is 4.23. The van der Waals surface area contributed by atoms with Gasteiger partial charge in [0, 0.05) is 19.5 Å². The van der Waals surface area contributed by atoms with E-state index in [4.69, 9.17) is 17.0 Å². The Morgan fingerprint density at radius 3 is 2.19 bits per heavy atom. The fourth-order valence-electron chi connectivity index (χ4n) is 3.80. The molecule has 0 radical (unpaired) electrons. The van der Waals surface area contributed by atoms with Gasteiger partial charge in [-0.05, 0) is 25.1 Å². The van der Waals surface area contributed by atoms with Gasteiger partial charge in [0.2, 0.25) is 11.8 Å². The van der Waals surface area contributed by atoms with E-state index in [1.165, 1.54) is 51.4 Å². The molecule has 2 amide bonds. The average molecular weight is 470 g/mol. The van der Waals surface area contributed by atoms with Crippen molar-refractivity contribution in [2.45, 2.75) is 110 Å². The molecule has 1 aliphatic rings. The van der Waals surface area contributed by atoms with Gasteiger partial charge >= 0.3 is 5.97 Å². The number of nitrogens with zero attached hydrogens (tertiary/aromatic N) is 1. The first kappa shape index (κ1) is 28.3. The van der Waals surface area contributed by atoms with E-state index in [0.717, 1.165) is 25.7 Å². The minimum atomic E-state index is -0.747. The second kappa shape index (κ2) is 17.8. The molecular weight excluding hydrogens is 426 g/mol. The Hall–Kier alpha value is -1.70. The number of piperazine rings is 1. The molecule has 184 valence electrons. The third kappa shape index (κ3) is 12.4. The van der Waals surface area contributed by atoms with Crippen molar-refractivity contribution in [1.82, 2.24) is 15.5 Å². The number of nitrogens with one attached hydrogen (secondary N) is 2. The number of esters is 1. The minimum Gasteiger partial charge on any atom is -0.466 e. The number of amides is 2. The van der Waals surface area contributed by atoms with Crippen molar-refractivity contribution >= 4 is 35.1 Å². The van der Waals surface area contributed by atoms with Gasteiger partial charge in [-0.25, -0.2) is 0 Å². The van der Waals surface area contributed by atoms with Crippen molar-refractivity contribution in [1.29, 1.82) is 0 Å². The number of carbonyl (C=O) groups excluding carboxylic acids is 3. The Labute approximate surface area is 199 Å². The van der Waals surface area contributed by atoms with Gasteiger partial charge in [-0.1, -0.05) is 78.1 Å². The number of unbranched alkanes of at least 4 members (excludes halogenated alkanes) is 10. The summed E-state index contributed by atoms with van der Waals surface area (Å²) in [5, 5.41) is 5.69. The molecule has 1 heterocycles. The zero-order chi connectivity index (χ0) is 23.6. The lowest BCUT2D eigenvalue weighted by Gasteiger charge is -2.36. The molecule has 1 unspecified atom stereocenters. The van der Waals surface area contributed by atoms with Gasteiger partial charge in [0.05, 0.1) is 13.0 Å². The third-order valence-corrected chi connectivity index (χ3v) is 6.01. The quantitative estimate of drug-likeness (QED) is 0.200. The highest BCUT2D eigenvalue weighted by atomic mass is 32.1. The molecule has 1 rings (SSSR count). The van der Waals surface area contributed by atoms with Gasteiger partial charge in [-0.3, -0.25) is 14.4 Å². The van der Waals surface area contributed by atoms with E-state index in [1.807, 2.05) is 6.92 Å². The van der Waals surface area contributed by atoms with Crippen molar-refractivity contribution in [2.75, 3.05) is 19.7 Å². The summed E-state index contributed by atoms with van der Waals surface area (Å²) < 4.78 is 5.10. The van der Waals surface area contributed by atoms with Gasteiger partial charge in [0.25, 0.3) is 0 Å². The Balaban J connectivity index is 2.23. The topological polar surface area (TPSA) is 87.7 Å². The summed E-state index contributed by atoms with van der Waals surface area (Å²) in [5.41, 5.74) is 0. The molecule has 1 fully saturated rings. The first-order valence-corrected chi connectivity index (χ1v) is 12.9. The van der Waals surface area contributed by atoms with Crippen LogP contribution in [0.25, 0.3) is 0 Å². The van der Waals surface area contributed by atoms with Crippen molar-refractivity contribution in [2.24, 2.45) is 0 Å². The van der Waals surface area contributed by atoms with Crippen LogP contribution in [-0.2, 0) is 19.1 Å². The zero-order valence-corrected chi connectivity index (χ0v) is 20.9. The maximum Gasteiger partial charge on any atom is 0.308 e. The monoisotopic (exact) mass is 469 g/mol. The fourth-order valence-corrected chi connectivity index (χ4v) is 4.13. The van der Waals surface area contributed by atoms with E-state index in [2.05, 4.69) is 17.6 Å². The Bertz CT molecular complexity index is 586. The molecule has 0 bridgehead atoms. The molecule has 1 saturated heterocycles. The highest BCUT2D eigenvalue weighted by Crippen LogP contribution is 2.13. The number of rotatable bonds is 16. The molecule has 1 aliphatic heterocycles. The van der Waals surface area contributed by atoms with E-state index in [9.17, 15) is 14.4 Å². The summed E-state index contributed by atoms with van der Waals surface area (Å²) in [7, 11) is 0. The summed E-state index contributed by atoms with van der Waals surface area (Å²) in [6.45, 7) is 5.35. The average Bonchev–Trinajstić information content (AvgIpc) is 2.77. The second-order valence-corrected chi connectivity index (χ2v) is 8.95. The predicted molar refractivity (Wildman–Crippen MR) is 131 cm³/mol. The lowest BCUT2D eigenvalue weighted by atomic mass is 10.1. The van der Waals surface area contributed by atoms with Crippen LogP contribution in [0, 0.1) is 0 Å². The van der Waals surface area contributed by atoms with Gasteiger partial charge in [-0.2, -0.15) is 0 Å². The first-order valence-electron chi connectivity index (χ1n) is 12.5. The van der Waals surface area contributed by atoms with E-state index >= 15 is 0 Å². The molecule has 32 heavy (non-hydrogen) atoms. The molecule has 0 saturated carbocycles. The van der Waals surface area contributed by atoms with Crippen LogP contribution in [-0.4, -0.2) is 53.5 Å². The van der Waals surface area contributed by atoms with Crippen molar-refractivity contribution in [3.63, 3.8) is 0 Å². The number of hydrogen-bond donors (Lipinski definition) is 2. The van der Waals surface area contributed by atoms with E-state index in [1.54, 1.807) is 4.90 Å². The molecule has 2 N–H and O–H groups in total. The van der Waals surface area contributed by atoms with Gasteiger partial charge in [-0.15, -0.1) is 0 Å². The molecule has 0 aromatic carbocycles. The number of ether oxygens (including phenoxy) is 1. The van der Waals surface area contributed by atoms with Gasteiger partial charge < -0.3 is 20.3 Å². The van der Waals surface area contributed by atoms with E-state index in [-0.39, 0.29) is 23.3 Å². The molecule has 0 aromatic rings. The molecular formula is C24H43N3O4S. The summed E-state index contributed by atoms with van der Waals surface area (Å²) in [5.74, 6) is -0.843. The SMILES string of the molecule is CCCCCCCCCCCCCC(=O)NC(=S)N1CCNC(=O)C1CC(=O)OCCC. The van der Waals surface area contributed by atoms with Crippen molar-refractivity contribution in [3.05, 3.63) is 0 Å². The summed E-state index contributed by atoms with van der Waals surface area (Å²) in [4.78, 5) is 38.1. The molecule has 8 heteroatoms. The van der Waals surface area contributed by atoms with Crippen LogP contribution in [0.1, 0.15) is 104 Å². The third-order valence-electron chi connectivity index (χ3n) is 5.67. The highest BCUT2D eigenvalue weighted by Gasteiger charge is 2.34. The maximum atomic E-state index is 12.3. The standard InChI is InChI=1S/C24H43N3O4S/c1-3-5-6-7-8-9-10-11-12-13-14-15-21(28)26-24(32)27-17-16-25-23(30)20(27)19-22(29)31-18-4-2/h20H,3-19H2,1-2H3,(H,25,30)(H,26,28,32). The van der Waals surface area contributed by atoms with Crippen LogP contribution < -0.4 is 10.6 Å². The van der Waals surface area contributed by atoms with Crippen LogP contribution in [0.3, 0.4) is 0 Å². The van der Waals surface area contributed by atoms with Gasteiger partial charge in [0.15, 0.2) is 5.11 Å². The lowest BCUT2D eigenvalue weighted by Crippen LogP contribution is -2.60. The van der Waals surface area contributed by atoms with Crippen molar-refractivity contribution < 1.29 is 19.1 Å². The number of carbonyl (C=O) groups is 3. The normalized spacial score (nSPS) is 15.9. The van der Waals surface area contributed by atoms with Crippen LogP contribution in [0.2, 0.25) is 0 Å². The van der Waals surface area contributed by atoms with Crippen LogP contribution >= 0.6 is 12.2 Å². The number of thiocarbonyl (C=S) groups is 1.